The van der Waals surface area contributed by atoms with E-state index in [1.165, 1.54) is 31.4 Å². The number of ether oxygens (including phenoxy) is 2. The third-order valence-electron chi connectivity index (χ3n) is 5.04. The summed E-state index contributed by atoms with van der Waals surface area (Å²) < 4.78 is 39.1. The molecule has 1 aliphatic heterocycles. The van der Waals surface area contributed by atoms with Crippen molar-refractivity contribution in [2.24, 2.45) is 4.99 Å². The predicted octanol–water partition coefficient (Wildman–Crippen LogP) is 3.83. The second-order valence-corrected chi connectivity index (χ2v) is 9.05. The van der Waals surface area contributed by atoms with Crippen LogP contribution in [0.2, 0.25) is 0 Å². The number of carbonyl (C=O) groups excluding carboxylic acids is 1. The maximum atomic E-state index is 13.3. The van der Waals surface area contributed by atoms with Gasteiger partial charge in [0.1, 0.15) is 12.4 Å². The molecule has 0 fully saturated rings. The molecule has 0 aromatic heterocycles. The van der Waals surface area contributed by atoms with Crippen molar-refractivity contribution >= 4 is 33.2 Å². The summed E-state index contributed by atoms with van der Waals surface area (Å²) in [7, 11) is -2.44. The first-order valence-electron chi connectivity index (χ1n) is 10.2. The topological polar surface area (TPSA) is 106 Å². The molecule has 0 saturated carbocycles. The molecule has 170 valence electrons. The van der Waals surface area contributed by atoms with Crippen LogP contribution in [0.4, 0.5) is 11.4 Å². The zero-order valence-electron chi connectivity index (χ0n) is 18.2. The minimum absolute atomic E-state index is 0.0945. The summed E-state index contributed by atoms with van der Waals surface area (Å²) in [5.74, 6) is 0.355. The lowest BCUT2D eigenvalue weighted by Gasteiger charge is -2.15. The van der Waals surface area contributed by atoms with E-state index in [0.29, 0.717) is 36.0 Å². The van der Waals surface area contributed by atoms with Crippen molar-refractivity contribution in [2.45, 2.75) is 11.8 Å². The van der Waals surface area contributed by atoms with Crippen molar-refractivity contribution in [1.82, 2.24) is 0 Å². The Labute approximate surface area is 192 Å². The second kappa shape index (κ2) is 9.33. The van der Waals surface area contributed by atoms with E-state index in [-0.39, 0.29) is 16.1 Å². The van der Waals surface area contributed by atoms with Crippen LogP contribution >= 0.6 is 0 Å². The average molecular weight is 466 g/mol. The Morgan fingerprint density at radius 1 is 1.03 bits per heavy atom. The van der Waals surface area contributed by atoms with Gasteiger partial charge in [-0.3, -0.25) is 9.52 Å². The van der Waals surface area contributed by atoms with Gasteiger partial charge in [0.2, 0.25) is 5.90 Å². The highest BCUT2D eigenvalue weighted by molar-refractivity contribution is 7.92. The lowest BCUT2D eigenvalue weighted by Crippen LogP contribution is -2.20. The molecule has 0 saturated heterocycles. The first kappa shape index (κ1) is 22.3. The molecule has 1 amide bonds. The molecule has 3 aromatic carbocycles. The third-order valence-corrected chi connectivity index (χ3v) is 6.42. The summed E-state index contributed by atoms with van der Waals surface area (Å²) in [4.78, 5) is 17.7. The van der Waals surface area contributed by atoms with Crippen LogP contribution in [-0.2, 0) is 14.8 Å². The Bertz CT molecular complexity index is 1320. The molecule has 3 aromatic rings. The molecule has 1 aliphatic rings. The van der Waals surface area contributed by atoms with Gasteiger partial charge in [0.25, 0.3) is 15.9 Å². The molecule has 0 aliphatic carbocycles. The van der Waals surface area contributed by atoms with E-state index < -0.39 is 15.9 Å². The van der Waals surface area contributed by atoms with Crippen LogP contribution < -0.4 is 14.8 Å². The normalized spacial score (nSPS) is 13.1. The van der Waals surface area contributed by atoms with Crippen LogP contribution in [0.1, 0.15) is 21.5 Å². The number of nitrogens with zero attached hydrogens (tertiary/aromatic N) is 1. The Kier molecular flexibility index (Phi) is 6.32. The fourth-order valence-electron chi connectivity index (χ4n) is 3.31. The molecule has 0 unspecified atom stereocenters. The van der Waals surface area contributed by atoms with Crippen molar-refractivity contribution in [2.75, 3.05) is 30.3 Å². The zero-order chi connectivity index (χ0) is 23.4. The lowest BCUT2D eigenvalue weighted by molar-refractivity contribution is 0.102. The van der Waals surface area contributed by atoms with Crippen LogP contribution in [0.25, 0.3) is 0 Å². The van der Waals surface area contributed by atoms with Gasteiger partial charge in [-0.15, -0.1) is 0 Å². The molecule has 0 radical (unpaired) electrons. The van der Waals surface area contributed by atoms with E-state index in [2.05, 4.69) is 15.0 Å². The van der Waals surface area contributed by atoms with Crippen LogP contribution in [0.5, 0.6) is 5.75 Å². The summed E-state index contributed by atoms with van der Waals surface area (Å²) in [6.45, 7) is 2.91. The number of methoxy groups -OCH3 is 1. The summed E-state index contributed by atoms with van der Waals surface area (Å²) in [5.41, 5.74) is 2.31. The highest BCUT2D eigenvalue weighted by atomic mass is 32.2. The van der Waals surface area contributed by atoms with E-state index in [4.69, 9.17) is 9.47 Å². The lowest BCUT2D eigenvalue weighted by atomic mass is 10.1. The number of para-hydroxylation sites is 1. The maximum absolute atomic E-state index is 13.3. The van der Waals surface area contributed by atoms with Gasteiger partial charge in [-0.1, -0.05) is 29.8 Å². The van der Waals surface area contributed by atoms with Crippen molar-refractivity contribution < 1.29 is 22.7 Å². The van der Waals surface area contributed by atoms with Gasteiger partial charge in [-0.2, -0.15) is 0 Å². The highest BCUT2D eigenvalue weighted by Gasteiger charge is 2.22. The molecule has 0 atom stereocenters. The number of nitrogens with one attached hydrogen (secondary N) is 2. The van der Waals surface area contributed by atoms with Gasteiger partial charge in [-0.25, -0.2) is 13.4 Å². The van der Waals surface area contributed by atoms with Crippen LogP contribution in [-0.4, -0.2) is 40.5 Å². The SMILES string of the molecule is COc1ccc(NS(=O)(=O)c2ccc(C)cc2)c(C(=O)Nc2ccccc2C2=NCCO2)c1. The average Bonchev–Trinajstić information content (AvgIpc) is 3.34. The minimum atomic E-state index is -3.91. The Balaban J connectivity index is 1.66. The number of rotatable bonds is 7. The first-order valence-corrected chi connectivity index (χ1v) is 11.7. The molecule has 0 bridgehead atoms. The Morgan fingerprint density at radius 3 is 2.48 bits per heavy atom. The van der Waals surface area contributed by atoms with E-state index in [1.54, 1.807) is 36.4 Å². The second-order valence-electron chi connectivity index (χ2n) is 7.37. The molecule has 33 heavy (non-hydrogen) atoms. The Morgan fingerprint density at radius 2 is 1.79 bits per heavy atom. The Hall–Kier alpha value is -3.85. The number of amides is 1. The summed E-state index contributed by atoms with van der Waals surface area (Å²) >= 11 is 0. The van der Waals surface area contributed by atoms with Gasteiger partial charge in [0.15, 0.2) is 0 Å². The number of sulfonamides is 1. The fourth-order valence-corrected chi connectivity index (χ4v) is 4.39. The number of hydrogen-bond donors (Lipinski definition) is 2. The molecular formula is C24H23N3O5S. The van der Waals surface area contributed by atoms with Crippen LogP contribution in [0.15, 0.2) is 76.6 Å². The number of hydrogen-bond acceptors (Lipinski definition) is 6. The summed E-state index contributed by atoms with van der Waals surface area (Å²) in [6.07, 6.45) is 0. The van der Waals surface area contributed by atoms with E-state index in [0.717, 1.165) is 5.56 Å². The van der Waals surface area contributed by atoms with Crippen LogP contribution in [0, 0.1) is 6.92 Å². The molecule has 9 heteroatoms. The zero-order valence-corrected chi connectivity index (χ0v) is 19.0. The standard InChI is InChI=1S/C24H23N3O5S/c1-16-7-10-18(11-8-16)33(29,30)27-22-12-9-17(31-2)15-20(22)23(28)26-21-6-4-3-5-19(21)24-25-13-14-32-24/h3-12,15,27H,13-14H2,1-2H3,(H,26,28). The number of benzene rings is 3. The van der Waals surface area contributed by atoms with E-state index in [9.17, 15) is 13.2 Å². The molecule has 2 N–H and O–H groups in total. The van der Waals surface area contributed by atoms with Gasteiger partial charge >= 0.3 is 0 Å². The highest BCUT2D eigenvalue weighted by Crippen LogP contribution is 2.27. The van der Waals surface area contributed by atoms with Crippen molar-refractivity contribution in [1.29, 1.82) is 0 Å². The molecule has 0 spiro atoms. The summed E-state index contributed by atoms with van der Waals surface area (Å²) in [6, 6.07) is 18.1. The van der Waals surface area contributed by atoms with Crippen molar-refractivity contribution in [3.05, 3.63) is 83.4 Å². The van der Waals surface area contributed by atoms with Gasteiger partial charge in [-0.05, 0) is 49.4 Å². The smallest absolute Gasteiger partial charge is 0.261 e. The largest absolute Gasteiger partial charge is 0.497 e. The van der Waals surface area contributed by atoms with Crippen LogP contribution in [0.3, 0.4) is 0 Å². The van der Waals surface area contributed by atoms with Crippen molar-refractivity contribution in [3.63, 3.8) is 0 Å². The van der Waals surface area contributed by atoms with E-state index in [1.807, 2.05) is 13.0 Å². The molecule has 4 rings (SSSR count). The number of carbonyl (C=O) groups is 1. The fraction of sp³-hybridized carbons (Fsp3) is 0.167. The summed E-state index contributed by atoms with van der Waals surface area (Å²) in [5, 5.41) is 2.84. The maximum Gasteiger partial charge on any atom is 0.261 e. The van der Waals surface area contributed by atoms with Gasteiger partial charge < -0.3 is 14.8 Å². The molecule has 8 nitrogen and oxygen atoms in total. The number of aliphatic imine (C=N–C) groups is 1. The van der Waals surface area contributed by atoms with Gasteiger partial charge in [0.05, 0.1) is 41.1 Å². The first-order chi connectivity index (χ1) is 15.9. The predicted molar refractivity (Wildman–Crippen MR) is 127 cm³/mol. The minimum Gasteiger partial charge on any atom is -0.497 e. The monoisotopic (exact) mass is 465 g/mol. The van der Waals surface area contributed by atoms with Gasteiger partial charge in [0, 0.05) is 0 Å². The number of aryl methyl sites for hydroxylation is 1. The molecular weight excluding hydrogens is 442 g/mol. The third kappa shape index (κ3) is 4.98. The quantitative estimate of drug-likeness (QED) is 0.552. The van der Waals surface area contributed by atoms with Crippen molar-refractivity contribution in [3.8, 4) is 5.75 Å². The molecule has 1 heterocycles. The number of anilines is 2. The van der Waals surface area contributed by atoms with E-state index >= 15 is 0 Å².